The lowest BCUT2D eigenvalue weighted by Gasteiger charge is -2.42. The summed E-state index contributed by atoms with van der Waals surface area (Å²) in [6.07, 6.45) is 5.76. The van der Waals surface area contributed by atoms with Crippen molar-refractivity contribution in [3.63, 3.8) is 0 Å². The van der Waals surface area contributed by atoms with E-state index in [0.29, 0.717) is 23.4 Å². The third kappa shape index (κ3) is 2.53. The van der Waals surface area contributed by atoms with Gasteiger partial charge in [0.15, 0.2) is 0 Å². The molecule has 2 aliphatic rings. The van der Waals surface area contributed by atoms with Gasteiger partial charge < -0.3 is 4.74 Å². The maximum atomic E-state index is 13.4. The summed E-state index contributed by atoms with van der Waals surface area (Å²) in [4.78, 5) is 4.74. The molecule has 6 heteroatoms. The van der Waals surface area contributed by atoms with Crippen LogP contribution in [0, 0.1) is 6.92 Å². The Morgan fingerprint density at radius 3 is 2.92 bits per heavy atom. The molecule has 1 aliphatic carbocycles. The first kappa shape index (κ1) is 16.0. The predicted octanol–water partition coefficient (Wildman–Crippen LogP) is 2.88. The molecule has 1 aromatic carbocycles. The van der Waals surface area contributed by atoms with Crippen LogP contribution in [0.5, 0.6) is 0 Å². The van der Waals surface area contributed by atoms with Crippen molar-refractivity contribution in [3.8, 4) is 0 Å². The Hall–Kier alpha value is -1.50. The molecule has 0 bridgehead atoms. The van der Waals surface area contributed by atoms with Crippen molar-refractivity contribution in [2.75, 3.05) is 13.2 Å². The molecule has 2 fully saturated rings. The Labute approximate surface area is 142 Å². The van der Waals surface area contributed by atoms with Crippen LogP contribution in [0.3, 0.4) is 0 Å². The van der Waals surface area contributed by atoms with Crippen molar-refractivity contribution in [2.45, 2.75) is 49.6 Å². The molecule has 2 atom stereocenters. The first-order valence-corrected chi connectivity index (χ1v) is 10.0. The third-order valence-corrected chi connectivity index (χ3v) is 7.18. The van der Waals surface area contributed by atoms with Gasteiger partial charge in [-0.15, -0.1) is 0 Å². The summed E-state index contributed by atoms with van der Waals surface area (Å²) >= 11 is 0. The molecular weight excluding hydrogens is 324 g/mol. The van der Waals surface area contributed by atoms with Crippen molar-refractivity contribution >= 4 is 20.9 Å². The lowest BCUT2D eigenvalue weighted by Crippen LogP contribution is -2.54. The van der Waals surface area contributed by atoms with Crippen LogP contribution >= 0.6 is 0 Å². The fraction of sp³-hybridized carbons (Fsp3) is 0.500. The van der Waals surface area contributed by atoms with E-state index in [-0.39, 0.29) is 12.1 Å². The number of pyridine rings is 1. The fourth-order valence-corrected chi connectivity index (χ4v) is 5.85. The van der Waals surface area contributed by atoms with Crippen molar-refractivity contribution < 1.29 is 13.2 Å². The zero-order valence-electron chi connectivity index (χ0n) is 13.8. The second-order valence-electron chi connectivity index (χ2n) is 6.66. The molecule has 128 valence electrons. The highest BCUT2D eigenvalue weighted by atomic mass is 32.2. The molecule has 1 aromatic heterocycles. The number of hydrogen-bond donors (Lipinski definition) is 0. The number of aromatic nitrogens is 1. The largest absolute Gasteiger partial charge is 0.375 e. The van der Waals surface area contributed by atoms with E-state index in [2.05, 4.69) is 4.98 Å². The number of rotatable bonds is 2. The molecule has 4 rings (SSSR count). The minimum Gasteiger partial charge on any atom is -0.375 e. The first-order chi connectivity index (χ1) is 11.6. The molecule has 0 amide bonds. The van der Waals surface area contributed by atoms with Crippen molar-refractivity contribution in [1.29, 1.82) is 0 Å². The third-order valence-electron chi connectivity index (χ3n) is 5.20. The fourth-order valence-electron chi connectivity index (χ4n) is 4.00. The Morgan fingerprint density at radius 1 is 1.21 bits per heavy atom. The van der Waals surface area contributed by atoms with E-state index in [1.165, 1.54) is 0 Å². The molecule has 0 radical (unpaired) electrons. The number of sulfonamides is 1. The summed E-state index contributed by atoms with van der Waals surface area (Å²) in [7, 11) is -3.56. The van der Waals surface area contributed by atoms with E-state index in [1.54, 1.807) is 22.6 Å². The average Bonchev–Trinajstić information content (AvgIpc) is 2.61. The summed E-state index contributed by atoms with van der Waals surface area (Å²) in [5.74, 6) is 0. The zero-order valence-corrected chi connectivity index (χ0v) is 14.6. The smallest absolute Gasteiger partial charge is 0.244 e. The highest BCUT2D eigenvalue weighted by Gasteiger charge is 2.41. The number of benzene rings is 1. The van der Waals surface area contributed by atoms with Crippen molar-refractivity contribution in [1.82, 2.24) is 9.29 Å². The molecule has 0 N–H and O–H groups in total. The number of nitrogens with zero attached hydrogens (tertiary/aromatic N) is 2. The number of morpholine rings is 1. The van der Waals surface area contributed by atoms with Crippen molar-refractivity contribution in [2.24, 2.45) is 0 Å². The van der Waals surface area contributed by atoms with Crippen molar-refractivity contribution in [3.05, 3.63) is 36.0 Å². The summed E-state index contributed by atoms with van der Waals surface area (Å²) < 4.78 is 34.3. The molecular formula is C18H22N2O3S. The highest BCUT2D eigenvalue weighted by molar-refractivity contribution is 7.89. The summed E-state index contributed by atoms with van der Waals surface area (Å²) in [5.41, 5.74) is 1.74. The minimum atomic E-state index is -3.56. The maximum absolute atomic E-state index is 13.4. The molecule has 24 heavy (non-hydrogen) atoms. The van der Waals surface area contributed by atoms with E-state index in [1.807, 2.05) is 19.1 Å². The molecule has 2 aromatic rings. The van der Waals surface area contributed by atoms with Gasteiger partial charge in [-0.2, -0.15) is 4.31 Å². The molecule has 5 nitrogen and oxygen atoms in total. The molecule has 1 saturated carbocycles. The van der Waals surface area contributed by atoms with Gasteiger partial charge in [-0.25, -0.2) is 8.42 Å². The minimum absolute atomic E-state index is 0.0366. The Bertz CT molecular complexity index is 864. The van der Waals surface area contributed by atoms with Gasteiger partial charge in [-0.3, -0.25) is 4.98 Å². The topological polar surface area (TPSA) is 59.5 Å². The van der Waals surface area contributed by atoms with E-state index in [9.17, 15) is 8.42 Å². The maximum Gasteiger partial charge on any atom is 0.244 e. The predicted molar refractivity (Wildman–Crippen MR) is 92.4 cm³/mol. The molecule has 2 heterocycles. The average molecular weight is 346 g/mol. The first-order valence-electron chi connectivity index (χ1n) is 8.57. The van der Waals surface area contributed by atoms with Gasteiger partial charge in [0.05, 0.1) is 29.2 Å². The Kier molecular flexibility index (Phi) is 4.06. The van der Waals surface area contributed by atoms with Crippen LogP contribution in [-0.4, -0.2) is 43.0 Å². The van der Waals surface area contributed by atoms with Crippen LogP contribution < -0.4 is 0 Å². The van der Waals surface area contributed by atoms with Gasteiger partial charge in [0.1, 0.15) is 0 Å². The van der Waals surface area contributed by atoms with Crippen LogP contribution in [0.25, 0.3) is 10.9 Å². The molecule has 0 unspecified atom stereocenters. The second kappa shape index (κ2) is 6.10. The van der Waals surface area contributed by atoms with Gasteiger partial charge in [0.25, 0.3) is 0 Å². The number of fused-ring (bicyclic) bond motifs is 2. The van der Waals surface area contributed by atoms with Crippen LogP contribution in [0.15, 0.2) is 35.4 Å². The standard InChI is InChI=1S/C18H22N2O3S/c1-13-8-9-17(14-5-4-10-19-18(13)14)24(21,22)20-11-12-23-16-7-3-2-6-15(16)20/h4-5,8-10,15-16H,2-3,6-7,11-12H2,1H3/t15-,16-/m0/s1. The van der Waals surface area contributed by atoms with Gasteiger partial charge in [-0.1, -0.05) is 18.9 Å². The Morgan fingerprint density at radius 2 is 2.04 bits per heavy atom. The zero-order chi connectivity index (χ0) is 16.7. The monoisotopic (exact) mass is 346 g/mol. The molecule has 1 saturated heterocycles. The highest BCUT2D eigenvalue weighted by Crippen LogP contribution is 2.34. The number of ether oxygens (including phenoxy) is 1. The van der Waals surface area contributed by atoms with E-state index in [4.69, 9.17) is 4.74 Å². The SMILES string of the molecule is Cc1ccc(S(=O)(=O)N2CCO[C@H]3CCCC[C@@H]32)c2cccnc12. The van der Waals surface area contributed by atoms with Gasteiger partial charge in [-0.05, 0) is 43.5 Å². The Balaban J connectivity index is 1.82. The number of hydrogen-bond acceptors (Lipinski definition) is 4. The molecule has 0 spiro atoms. The normalized spacial score (nSPS) is 25.5. The lowest BCUT2D eigenvalue weighted by atomic mass is 9.91. The summed E-state index contributed by atoms with van der Waals surface area (Å²) in [6, 6.07) is 7.18. The van der Waals surface area contributed by atoms with Gasteiger partial charge in [0.2, 0.25) is 10.0 Å². The van der Waals surface area contributed by atoms with E-state index in [0.717, 1.165) is 36.8 Å². The van der Waals surface area contributed by atoms with Crippen LogP contribution in [0.4, 0.5) is 0 Å². The summed E-state index contributed by atoms with van der Waals surface area (Å²) in [6.45, 7) is 2.86. The quantitative estimate of drug-likeness (QED) is 0.839. The van der Waals surface area contributed by atoms with Crippen LogP contribution in [0.1, 0.15) is 31.2 Å². The van der Waals surface area contributed by atoms with Gasteiger partial charge in [0, 0.05) is 18.1 Å². The van der Waals surface area contributed by atoms with Gasteiger partial charge >= 0.3 is 0 Å². The van der Waals surface area contributed by atoms with Crippen LogP contribution in [0.2, 0.25) is 0 Å². The van der Waals surface area contributed by atoms with Crippen LogP contribution in [-0.2, 0) is 14.8 Å². The second-order valence-corrected chi connectivity index (χ2v) is 8.52. The molecule has 1 aliphatic heterocycles. The summed E-state index contributed by atoms with van der Waals surface area (Å²) in [5, 5.41) is 0.705. The lowest BCUT2D eigenvalue weighted by molar-refractivity contribution is -0.0585. The van der Waals surface area contributed by atoms with E-state index < -0.39 is 10.0 Å². The van der Waals surface area contributed by atoms with E-state index >= 15 is 0 Å². The number of aryl methyl sites for hydroxylation is 1.